The fourth-order valence-electron chi connectivity index (χ4n) is 1.25. The Morgan fingerprint density at radius 3 is 2.93 bits per heavy atom. The van der Waals surface area contributed by atoms with E-state index in [1.165, 1.54) is 12.3 Å². The van der Waals surface area contributed by atoms with Gasteiger partial charge in [-0.15, -0.1) is 0 Å². The lowest BCUT2D eigenvalue weighted by Crippen LogP contribution is -2.05. The molecular weight excluding hydrogens is 180 g/mol. The van der Waals surface area contributed by atoms with Crippen LogP contribution in [0, 0.1) is 6.92 Å². The molecule has 14 heavy (non-hydrogen) atoms. The Balaban J connectivity index is 3.13. The van der Waals surface area contributed by atoms with Gasteiger partial charge >= 0.3 is 0 Å². The van der Waals surface area contributed by atoms with Crippen molar-refractivity contribution >= 4 is 11.0 Å². The average molecular weight is 188 g/mol. The highest BCUT2D eigenvalue weighted by atomic mass is 16.1. The van der Waals surface area contributed by atoms with Crippen LogP contribution in [0.4, 0.5) is 0 Å². The summed E-state index contributed by atoms with van der Waals surface area (Å²) in [6.45, 7) is 1.60. The van der Waals surface area contributed by atoms with Crippen LogP contribution >= 0.6 is 0 Å². The van der Waals surface area contributed by atoms with Crippen molar-refractivity contribution in [2.75, 3.05) is 0 Å². The molecule has 0 saturated heterocycles. The molecule has 4 heteroatoms. The van der Waals surface area contributed by atoms with E-state index in [1.807, 2.05) is 0 Å². The van der Waals surface area contributed by atoms with Crippen molar-refractivity contribution < 1.29 is 0 Å². The number of aryl methyl sites for hydroxylation is 1. The Morgan fingerprint density at radius 2 is 2.14 bits per heavy atom. The first-order valence-electron chi connectivity index (χ1n) is 4.17. The quantitative estimate of drug-likeness (QED) is 0.658. The lowest BCUT2D eigenvalue weighted by Gasteiger charge is -1.86. The predicted molar refractivity (Wildman–Crippen MR) is 53.4 cm³/mol. The van der Waals surface area contributed by atoms with E-state index < -0.39 is 0 Å². The molecule has 0 spiro atoms. The molecule has 0 aliphatic carbocycles. The third-order valence-electron chi connectivity index (χ3n) is 2.01. The van der Waals surface area contributed by atoms with E-state index >= 15 is 0 Å². The number of rotatable bonds is 0. The van der Waals surface area contributed by atoms with E-state index in [9.17, 15) is 9.59 Å². The van der Waals surface area contributed by atoms with Gasteiger partial charge in [-0.25, -0.2) is 4.98 Å². The molecule has 0 radical (unpaired) electrons. The van der Waals surface area contributed by atoms with Gasteiger partial charge in [-0.3, -0.25) is 9.59 Å². The molecule has 0 unspecified atom stereocenters. The summed E-state index contributed by atoms with van der Waals surface area (Å²) in [7, 11) is 0. The minimum Gasteiger partial charge on any atom is -0.306 e. The van der Waals surface area contributed by atoms with Crippen molar-refractivity contribution in [1.82, 2.24) is 9.97 Å². The summed E-state index contributed by atoms with van der Waals surface area (Å²) in [5.41, 5.74) is 0.253. The Morgan fingerprint density at radius 1 is 1.36 bits per heavy atom. The van der Waals surface area contributed by atoms with E-state index in [0.717, 1.165) is 0 Å². The van der Waals surface area contributed by atoms with Gasteiger partial charge in [0.15, 0.2) is 5.43 Å². The number of nitrogens with zero attached hydrogens (tertiary/aromatic N) is 1. The predicted octanol–water partition coefficient (Wildman–Crippen LogP) is 0.592. The van der Waals surface area contributed by atoms with Crippen LogP contribution in [-0.4, -0.2) is 9.97 Å². The Bertz CT molecular complexity index is 602. The largest absolute Gasteiger partial charge is 0.306 e. The molecule has 0 bridgehead atoms. The van der Waals surface area contributed by atoms with E-state index in [4.69, 9.17) is 0 Å². The molecule has 0 aliphatic heterocycles. The molecule has 70 valence electrons. The van der Waals surface area contributed by atoms with Gasteiger partial charge in [-0.05, 0) is 25.1 Å². The van der Waals surface area contributed by atoms with Gasteiger partial charge in [0.1, 0.15) is 5.65 Å². The lowest BCUT2D eigenvalue weighted by atomic mass is 10.3. The zero-order valence-corrected chi connectivity index (χ0v) is 7.57. The van der Waals surface area contributed by atoms with Gasteiger partial charge in [0.25, 0.3) is 5.56 Å². The molecule has 0 fully saturated rings. The molecule has 0 aliphatic rings. The maximum atomic E-state index is 11.6. The topological polar surface area (TPSA) is 62.8 Å². The van der Waals surface area contributed by atoms with Crippen LogP contribution in [0.5, 0.6) is 0 Å². The highest BCUT2D eigenvalue weighted by Crippen LogP contribution is 1.98. The maximum Gasteiger partial charge on any atom is 0.252 e. The number of nitrogens with one attached hydrogen (secondary N) is 1. The van der Waals surface area contributed by atoms with Crippen LogP contribution in [0.2, 0.25) is 0 Å². The monoisotopic (exact) mass is 188 g/mol. The molecular formula is C10H8N2O2. The summed E-state index contributed by atoms with van der Waals surface area (Å²) in [4.78, 5) is 29.4. The van der Waals surface area contributed by atoms with Crippen molar-refractivity contribution in [3.8, 4) is 0 Å². The van der Waals surface area contributed by atoms with Crippen molar-refractivity contribution in [2.45, 2.75) is 6.92 Å². The van der Waals surface area contributed by atoms with Crippen molar-refractivity contribution in [2.24, 2.45) is 0 Å². The second-order valence-corrected chi connectivity index (χ2v) is 3.05. The van der Waals surface area contributed by atoms with Crippen LogP contribution < -0.4 is 11.0 Å². The number of hydrogen-bond donors (Lipinski definition) is 1. The van der Waals surface area contributed by atoms with E-state index in [2.05, 4.69) is 9.97 Å². The number of H-pyrrole nitrogens is 1. The number of pyridine rings is 1. The molecule has 0 amide bonds. The zero-order chi connectivity index (χ0) is 10.1. The third-order valence-corrected chi connectivity index (χ3v) is 2.01. The fraction of sp³-hybridized carbons (Fsp3) is 0.100. The van der Waals surface area contributed by atoms with E-state index in [0.29, 0.717) is 16.6 Å². The summed E-state index contributed by atoms with van der Waals surface area (Å²) in [5.74, 6) is 0. The summed E-state index contributed by atoms with van der Waals surface area (Å²) in [5, 5.41) is 0.428. The highest BCUT2D eigenvalue weighted by molar-refractivity contribution is 5.73. The smallest absolute Gasteiger partial charge is 0.252 e. The Kier molecular flexibility index (Phi) is 1.89. The highest BCUT2D eigenvalue weighted by Gasteiger charge is 1.99. The second-order valence-electron chi connectivity index (χ2n) is 3.05. The van der Waals surface area contributed by atoms with Gasteiger partial charge in [0.2, 0.25) is 0 Å². The SMILES string of the molecule is Cc1cc(=O)c2cccnc2[nH]c1=O. The van der Waals surface area contributed by atoms with Crippen LogP contribution in [0.25, 0.3) is 11.0 Å². The van der Waals surface area contributed by atoms with Crippen LogP contribution in [0.15, 0.2) is 34.0 Å². The van der Waals surface area contributed by atoms with Crippen LogP contribution in [0.1, 0.15) is 5.56 Å². The number of aromatic nitrogens is 2. The molecule has 1 N–H and O–H groups in total. The van der Waals surface area contributed by atoms with E-state index in [-0.39, 0.29) is 11.0 Å². The molecule has 2 aromatic heterocycles. The van der Waals surface area contributed by atoms with Gasteiger partial charge in [-0.2, -0.15) is 0 Å². The molecule has 0 saturated carbocycles. The van der Waals surface area contributed by atoms with Gasteiger partial charge in [0, 0.05) is 11.8 Å². The molecule has 4 nitrogen and oxygen atoms in total. The zero-order valence-electron chi connectivity index (χ0n) is 7.57. The normalized spacial score (nSPS) is 10.4. The summed E-state index contributed by atoms with van der Waals surface area (Å²) < 4.78 is 0. The fourth-order valence-corrected chi connectivity index (χ4v) is 1.25. The lowest BCUT2D eigenvalue weighted by molar-refractivity contribution is 1.21. The summed E-state index contributed by atoms with van der Waals surface area (Å²) in [6, 6.07) is 4.63. The first-order valence-corrected chi connectivity index (χ1v) is 4.17. The summed E-state index contributed by atoms with van der Waals surface area (Å²) >= 11 is 0. The number of fused-ring (bicyclic) bond motifs is 1. The minimum absolute atomic E-state index is 0.191. The van der Waals surface area contributed by atoms with E-state index in [1.54, 1.807) is 19.1 Å². The summed E-state index contributed by atoms with van der Waals surface area (Å²) in [6.07, 6.45) is 1.53. The number of aromatic amines is 1. The Hall–Kier alpha value is -1.97. The van der Waals surface area contributed by atoms with Crippen molar-refractivity contribution in [3.63, 3.8) is 0 Å². The minimum atomic E-state index is -0.282. The first kappa shape index (κ1) is 8.62. The average Bonchev–Trinajstić information content (AvgIpc) is 2.27. The second kappa shape index (κ2) is 3.06. The maximum absolute atomic E-state index is 11.6. The molecule has 0 atom stereocenters. The molecule has 2 heterocycles. The van der Waals surface area contributed by atoms with Crippen LogP contribution in [-0.2, 0) is 0 Å². The van der Waals surface area contributed by atoms with Crippen LogP contribution in [0.3, 0.4) is 0 Å². The number of hydrogen-bond acceptors (Lipinski definition) is 3. The van der Waals surface area contributed by atoms with Crippen molar-refractivity contribution in [1.29, 1.82) is 0 Å². The van der Waals surface area contributed by atoms with Gasteiger partial charge in [-0.1, -0.05) is 0 Å². The standard InChI is InChI=1S/C10H8N2O2/c1-6-5-8(13)7-3-2-4-11-9(7)12-10(6)14/h2-5H,1H3,(H,11,12,14). The molecule has 2 aromatic rings. The first-order chi connectivity index (χ1) is 6.68. The van der Waals surface area contributed by atoms with Gasteiger partial charge in [0.05, 0.1) is 5.39 Å². The molecule has 0 aromatic carbocycles. The molecule has 2 rings (SSSR count). The third kappa shape index (κ3) is 1.31. The van der Waals surface area contributed by atoms with Crippen molar-refractivity contribution in [3.05, 3.63) is 50.5 Å². The Labute approximate surface area is 79.3 Å². The van der Waals surface area contributed by atoms with Gasteiger partial charge < -0.3 is 4.98 Å².